The molecule has 1 unspecified atom stereocenters. The highest BCUT2D eigenvalue weighted by molar-refractivity contribution is 5.85. The van der Waals surface area contributed by atoms with Crippen molar-refractivity contribution in [1.29, 1.82) is 0 Å². The van der Waals surface area contributed by atoms with Gasteiger partial charge in [0, 0.05) is 6.54 Å². The van der Waals surface area contributed by atoms with Crippen molar-refractivity contribution >= 4 is 12.4 Å². The van der Waals surface area contributed by atoms with Gasteiger partial charge in [0.1, 0.15) is 0 Å². The molecule has 1 aliphatic rings. The summed E-state index contributed by atoms with van der Waals surface area (Å²) in [7, 11) is 0. The molecule has 0 saturated carbocycles. The third-order valence-corrected chi connectivity index (χ3v) is 2.62. The van der Waals surface area contributed by atoms with Crippen molar-refractivity contribution in [1.82, 2.24) is 5.32 Å². The third-order valence-electron chi connectivity index (χ3n) is 2.62. The van der Waals surface area contributed by atoms with Crippen LogP contribution in [0.5, 0.6) is 0 Å². The molecule has 15 heavy (non-hydrogen) atoms. The number of halogens is 1. The number of benzene rings is 1. The Morgan fingerprint density at radius 1 is 1.33 bits per heavy atom. The molecule has 3 heteroatoms. The van der Waals surface area contributed by atoms with Crippen LogP contribution in [0.2, 0.25) is 0 Å². The zero-order valence-electron chi connectivity index (χ0n) is 9.03. The van der Waals surface area contributed by atoms with E-state index in [1.165, 1.54) is 11.1 Å². The molecule has 1 aliphatic heterocycles. The SMILES string of the molecule is Cc1ccc(COC2CCNC2)cc1.Cl. The van der Waals surface area contributed by atoms with Crippen molar-refractivity contribution in [2.24, 2.45) is 0 Å². The highest BCUT2D eigenvalue weighted by Crippen LogP contribution is 2.09. The molecule has 0 amide bonds. The molecule has 1 aromatic rings. The number of hydrogen-bond acceptors (Lipinski definition) is 2. The molecule has 1 aromatic carbocycles. The van der Waals surface area contributed by atoms with Crippen LogP contribution in [0.15, 0.2) is 24.3 Å². The standard InChI is InChI=1S/C12H17NO.ClH/c1-10-2-4-11(5-3-10)9-14-12-6-7-13-8-12;/h2-5,12-13H,6-9H2,1H3;1H. The Labute approximate surface area is 97.4 Å². The van der Waals surface area contributed by atoms with Gasteiger partial charge in [-0.05, 0) is 25.5 Å². The second-order valence-electron chi connectivity index (χ2n) is 3.91. The minimum Gasteiger partial charge on any atom is -0.372 e. The molecule has 84 valence electrons. The summed E-state index contributed by atoms with van der Waals surface area (Å²) in [5, 5.41) is 3.29. The molecule has 0 radical (unpaired) electrons. The monoisotopic (exact) mass is 227 g/mol. The predicted octanol–water partition coefficient (Wildman–Crippen LogP) is 2.30. The Morgan fingerprint density at radius 2 is 2.07 bits per heavy atom. The van der Waals surface area contributed by atoms with Crippen molar-refractivity contribution < 1.29 is 4.74 Å². The van der Waals surface area contributed by atoms with Gasteiger partial charge in [-0.15, -0.1) is 12.4 Å². The molecule has 2 nitrogen and oxygen atoms in total. The molecule has 0 spiro atoms. The molecule has 1 atom stereocenters. The largest absolute Gasteiger partial charge is 0.372 e. The zero-order chi connectivity index (χ0) is 9.80. The van der Waals surface area contributed by atoms with Crippen LogP contribution in [0.1, 0.15) is 17.5 Å². The molecule has 1 fully saturated rings. The normalized spacial score (nSPS) is 19.9. The average Bonchev–Trinajstić information content (AvgIpc) is 2.70. The van der Waals surface area contributed by atoms with Gasteiger partial charge in [0.05, 0.1) is 12.7 Å². The minimum absolute atomic E-state index is 0. The maximum absolute atomic E-state index is 5.77. The fourth-order valence-electron chi connectivity index (χ4n) is 1.67. The average molecular weight is 228 g/mol. The van der Waals surface area contributed by atoms with Crippen LogP contribution >= 0.6 is 12.4 Å². The van der Waals surface area contributed by atoms with E-state index in [0.29, 0.717) is 6.10 Å². The molecule has 1 N–H and O–H groups in total. The van der Waals surface area contributed by atoms with Crippen LogP contribution in [0, 0.1) is 6.92 Å². The van der Waals surface area contributed by atoms with Gasteiger partial charge in [-0.2, -0.15) is 0 Å². The molecule has 0 aromatic heterocycles. The topological polar surface area (TPSA) is 21.3 Å². The fraction of sp³-hybridized carbons (Fsp3) is 0.500. The highest BCUT2D eigenvalue weighted by atomic mass is 35.5. The quantitative estimate of drug-likeness (QED) is 0.856. The van der Waals surface area contributed by atoms with Crippen LogP contribution in [-0.4, -0.2) is 19.2 Å². The molecule has 1 heterocycles. The molecule has 0 aliphatic carbocycles. The lowest BCUT2D eigenvalue weighted by Crippen LogP contribution is -2.16. The van der Waals surface area contributed by atoms with E-state index in [-0.39, 0.29) is 12.4 Å². The first kappa shape index (κ1) is 12.5. The minimum atomic E-state index is 0. The van der Waals surface area contributed by atoms with Gasteiger partial charge >= 0.3 is 0 Å². The number of rotatable bonds is 3. The van der Waals surface area contributed by atoms with E-state index in [9.17, 15) is 0 Å². The van der Waals surface area contributed by atoms with Crippen LogP contribution in [0.4, 0.5) is 0 Å². The number of aryl methyl sites for hydroxylation is 1. The summed E-state index contributed by atoms with van der Waals surface area (Å²) in [5.74, 6) is 0. The van der Waals surface area contributed by atoms with E-state index in [1.54, 1.807) is 0 Å². The Morgan fingerprint density at radius 3 is 2.67 bits per heavy atom. The molecule has 2 rings (SSSR count). The first-order valence-corrected chi connectivity index (χ1v) is 5.22. The fourth-order valence-corrected chi connectivity index (χ4v) is 1.67. The van der Waals surface area contributed by atoms with E-state index in [4.69, 9.17) is 4.74 Å². The van der Waals surface area contributed by atoms with Gasteiger partial charge in [-0.25, -0.2) is 0 Å². The summed E-state index contributed by atoms with van der Waals surface area (Å²) in [6.07, 6.45) is 1.56. The summed E-state index contributed by atoms with van der Waals surface area (Å²) >= 11 is 0. The summed E-state index contributed by atoms with van der Waals surface area (Å²) < 4.78 is 5.77. The summed E-state index contributed by atoms with van der Waals surface area (Å²) in [5.41, 5.74) is 2.57. The van der Waals surface area contributed by atoms with E-state index < -0.39 is 0 Å². The molecule has 0 bridgehead atoms. The van der Waals surface area contributed by atoms with Gasteiger partial charge in [0.2, 0.25) is 0 Å². The van der Waals surface area contributed by atoms with Gasteiger partial charge in [-0.3, -0.25) is 0 Å². The Balaban J connectivity index is 0.00000112. The Bertz CT molecular complexity index is 280. The summed E-state index contributed by atoms with van der Waals surface area (Å²) in [6.45, 7) is 4.95. The van der Waals surface area contributed by atoms with Crippen molar-refractivity contribution in [3.8, 4) is 0 Å². The lowest BCUT2D eigenvalue weighted by Gasteiger charge is -2.10. The smallest absolute Gasteiger partial charge is 0.0721 e. The van der Waals surface area contributed by atoms with E-state index in [0.717, 1.165) is 26.1 Å². The van der Waals surface area contributed by atoms with Crippen LogP contribution in [0.25, 0.3) is 0 Å². The lowest BCUT2D eigenvalue weighted by atomic mass is 10.2. The van der Waals surface area contributed by atoms with E-state index >= 15 is 0 Å². The van der Waals surface area contributed by atoms with Gasteiger partial charge in [0.15, 0.2) is 0 Å². The van der Waals surface area contributed by atoms with Crippen LogP contribution < -0.4 is 5.32 Å². The van der Waals surface area contributed by atoms with Gasteiger partial charge < -0.3 is 10.1 Å². The van der Waals surface area contributed by atoms with Crippen molar-refractivity contribution in [2.45, 2.75) is 26.1 Å². The first-order valence-electron chi connectivity index (χ1n) is 5.22. The first-order chi connectivity index (χ1) is 6.84. The third kappa shape index (κ3) is 3.82. The van der Waals surface area contributed by atoms with Crippen LogP contribution in [0.3, 0.4) is 0 Å². The number of hydrogen-bond donors (Lipinski definition) is 1. The van der Waals surface area contributed by atoms with Crippen LogP contribution in [-0.2, 0) is 11.3 Å². The summed E-state index contributed by atoms with van der Waals surface area (Å²) in [6, 6.07) is 8.53. The van der Waals surface area contributed by atoms with E-state index in [2.05, 4.69) is 36.5 Å². The van der Waals surface area contributed by atoms with Crippen molar-refractivity contribution in [2.75, 3.05) is 13.1 Å². The van der Waals surface area contributed by atoms with Crippen molar-refractivity contribution in [3.63, 3.8) is 0 Å². The van der Waals surface area contributed by atoms with Gasteiger partial charge in [0.25, 0.3) is 0 Å². The number of ether oxygens (including phenoxy) is 1. The predicted molar refractivity (Wildman–Crippen MR) is 64.5 cm³/mol. The highest BCUT2D eigenvalue weighted by Gasteiger charge is 2.14. The molecule has 1 saturated heterocycles. The lowest BCUT2D eigenvalue weighted by molar-refractivity contribution is 0.0542. The van der Waals surface area contributed by atoms with Gasteiger partial charge in [-0.1, -0.05) is 29.8 Å². The summed E-state index contributed by atoms with van der Waals surface area (Å²) in [4.78, 5) is 0. The Hall–Kier alpha value is -0.570. The molecular weight excluding hydrogens is 210 g/mol. The van der Waals surface area contributed by atoms with E-state index in [1.807, 2.05) is 0 Å². The number of nitrogens with one attached hydrogen (secondary N) is 1. The Kier molecular flexibility index (Phi) is 5.09. The maximum atomic E-state index is 5.77. The van der Waals surface area contributed by atoms with Crippen molar-refractivity contribution in [3.05, 3.63) is 35.4 Å². The second kappa shape index (κ2) is 6.11. The molecular formula is C12H18ClNO. The zero-order valence-corrected chi connectivity index (χ0v) is 9.85. The second-order valence-corrected chi connectivity index (χ2v) is 3.91. The maximum Gasteiger partial charge on any atom is 0.0721 e.